The van der Waals surface area contributed by atoms with Gasteiger partial charge in [-0.15, -0.1) is 0 Å². The van der Waals surface area contributed by atoms with Gasteiger partial charge in [0.15, 0.2) is 5.78 Å². The van der Waals surface area contributed by atoms with Crippen molar-refractivity contribution in [3.8, 4) is 11.1 Å². The number of nitrogens with zero attached hydrogens (tertiary/aromatic N) is 3. The Morgan fingerprint density at radius 1 is 1.06 bits per heavy atom. The third-order valence-corrected chi connectivity index (χ3v) is 6.17. The van der Waals surface area contributed by atoms with Crippen LogP contribution in [0, 0.1) is 6.92 Å². The molecule has 0 saturated heterocycles. The molecule has 4 rings (SSSR count). The molecular weight excluding hydrogens is 496 g/mol. The SMILES string of the molecule is CCNC(=O)n1cc(Cn2c(C(=O)CC)c(-c3ccccc3)c3cc(Br)ccc3c2=O)nc1C. The van der Waals surface area contributed by atoms with Gasteiger partial charge >= 0.3 is 6.03 Å². The first-order valence-electron chi connectivity index (χ1n) is 11.1. The number of fused-ring (bicyclic) bond motifs is 1. The van der Waals surface area contributed by atoms with E-state index in [9.17, 15) is 14.4 Å². The number of aryl methyl sites for hydroxylation is 1. The Hall–Kier alpha value is -3.52. The largest absolute Gasteiger partial charge is 0.338 e. The van der Waals surface area contributed by atoms with Crippen molar-refractivity contribution in [2.75, 3.05) is 6.54 Å². The summed E-state index contributed by atoms with van der Waals surface area (Å²) >= 11 is 3.51. The summed E-state index contributed by atoms with van der Waals surface area (Å²) in [6.07, 6.45) is 1.85. The number of aromatic nitrogens is 3. The highest BCUT2D eigenvalue weighted by Crippen LogP contribution is 2.33. The molecule has 0 bridgehead atoms. The Balaban J connectivity index is 2.01. The summed E-state index contributed by atoms with van der Waals surface area (Å²) in [4.78, 5) is 43.8. The molecule has 0 radical (unpaired) electrons. The average molecular weight is 521 g/mol. The first-order valence-corrected chi connectivity index (χ1v) is 11.9. The van der Waals surface area contributed by atoms with Gasteiger partial charge in [-0.25, -0.2) is 9.78 Å². The molecule has 8 heteroatoms. The number of hydrogen-bond acceptors (Lipinski definition) is 4. The van der Waals surface area contributed by atoms with Crippen LogP contribution in [-0.4, -0.2) is 32.5 Å². The minimum atomic E-state index is -0.288. The lowest BCUT2D eigenvalue weighted by molar-refractivity contribution is 0.0979. The molecule has 34 heavy (non-hydrogen) atoms. The lowest BCUT2D eigenvalue weighted by atomic mass is 9.94. The zero-order valence-electron chi connectivity index (χ0n) is 19.3. The third-order valence-electron chi connectivity index (χ3n) is 5.68. The number of ketones is 1. The van der Waals surface area contributed by atoms with Crippen LogP contribution in [0.15, 0.2) is 64.0 Å². The summed E-state index contributed by atoms with van der Waals surface area (Å²) in [6, 6.07) is 14.8. The highest BCUT2D eigenvalue weighted by atomic mass is 79.9. The van der Waals surface area contributed by atoms with Gasteiger partial charge in [0.25, 0.3) is 5.56 Å². The van der Waals surface area contributed by atoms with E-state index in [4.69, 9.17) is 0 Å². The predicted octanol–water partition coefficient (Wildman–Crippen LogP) is 5.15. The molecule has 0 spiro atoms. The van der Waals surface area contributed by atoms with Crippen molar-refractivity contribution < 1.29 is 9.59 Å². The minimum absolute atomic E-state index is 0.0684. The van der Waals surface area contributed by atoms with Crippen molar-refractivity contribution in [3.05, 3.63) is 86.8 Å². The molecule has 0 saturated carbocycles. The van der Waals surface area contributed by atoms with E-state index in [0.29, 0.717) is 40.1 Å². The van der Waals surface area contributed by atoms with Gasteiger partial charge in [-0.1, -0.05) is 53.2 Å². The molecule has 1 N–H and O–H groups in total. The van der Waals surface area contributed by atoms with Crippen molar-refractivity contribution in [2.45, 2.75) is 33.7 Å². The fraction of sp³-hybridized carbons (Fsp3) is 0.231. The van der Waals surface area contributed by atoms with Crippen LogP contribution in [0.2, 0.25) is 0 Å². The molecular formula is C26H25BrN4O3. The summed E-state index contributed by atoms with van der Waals surface area (Å²) in [7, 11) is 0. The molecule has 174 valence electrons. The number of Topliss-reactive ketones (excluding diaryl/α,β-unsaturated/α-hetero) is 1. The van der Waals surface area contributed by atoms with E-state index in [1.807, 2.05) is 49.4 Å². The normalized spacial score (nSPS) is 11.1. The molecule has 0 unspecified atom stereocenters. The monoisotopic (exact) mass is 520 g/mol. The Morgan fingerprint density at radius 2 is 1.79 bits per heavy atom. The van der Waals surface area contributed by atoms with Gasteiger partial charge in [0, 0.05) is 34.6 Å². The maximum Gasteiger partial charge on any atom is 0.327 e. The first kappa shape index (κ1) is 23.6. The highest BCUT2D eigenvalue weighted by Gasteiger charge is 2.23. The quantitative estimate of drug-likeness (QED) is 0.356. The van der Waals surface area contributed by atoms with Gasteiger partial charge in [-0.3, -0.25) is 18.7 Å². The van der Waals surface area contributed by atoms with E-state index in [1.54, 1.807) is 26.1 Å². The van der Waals surface area contributed by atoms with Crippen LogP contribution in [0.4, 0.5) is 4.79 Å². The van der Waals surface area contributed by atoms with E-state index in [0.717, 1.165) is 10.0 Å². The van der Waals surface area contributed by atoms with Gasteiger partial charge in [0.2, 0.25) is 0 Å². The molecule has 4 aromatic rings. The van der Waals surface area contributed by atoms with Crippen molar-refractivity contribution in [1.82, 2.24) is 19.4 Å². The number of imidazole rings is 1. The Bertz CT molecular complexity index is 1450. The summed E-state index contributed by atoms with van der Waals surface area (Å²) in [5.41, 5.74) is 2.15. The Kier molecular flexibility index (Phi) is 6.79. The van der Waals surface area contributed by atoms with E-state index >= 15 is 0 Å². The van der Waals surface area contributed by atoms with Gasteiger partial charge in [0.05, 0.1) is 17.9 Å². The zero-order chi connectivity index (χ0) is 24.4. The molecule has 0 aliphatic carbocycles. The fourth-order valence-corrected chi connectivity index (χ4v) is 4.50. The van der Waals surface area contributed by atoms with Crippen LogP contribution >= 0.6 is 15.9 Å². The second kappa shape index (κ2) is 9.77. The summed E-state index contributed by atoms with van der Waals surface area (Å²) < 4.78 is 3.73. The standard InChI is InChI=1S/C26H25BrN4O3/c1-4-22(32)24-23(17-9-7-6-8-10-17)21-13-18(27)11-12-20(21)25(33)31(24)15-19-14-30(16(3)29-19)26(34)28-5-2/h6-14H,4-5,15H2,1-3H3,(H,28,34). The number of rotatable bonds is 6. The molecule has 2 aromatic carbocycles. The Labute approximate surface area is 205 Å². The minimum Gasteiger partial charge on any atom is -0.338 e. The maximum atomic E-state index is 13.7. The number of carbonyl (C=O) groups is 2. The van der Waals surface area contributed by atoms with Gasteiger partial charge in [-0.2, -0.15) is 0 Å². The number of carbonyl (C=O) groups excluding carboxylic acids is 2. The first-order chi connectivity index (χ1) is 16.3. The topological polar surface area (TPSA) is 86.0 Å². The van der Waals surface area contributed by atoms with Crippen LogP contribution in [0.3, 0.4) is 0 Å². The smallest absolute Gasteiger partial charge is 0.327 e. The van der Waals surface area contributed by atoms with E-state index in [-0.39, 0.29) is 30.3 Å². The zero-order valence-corrected chi connectivity index (χ0v) is 20.8. The predicted molar refractivity (Wildman–Crippen MR) is 137 cm³/mol. The Morgan fingerprint density at radius 3 is 2.47 bits per heavy atom. The number of halogens is 1. The molecule has 0 aliphatic heterocycles. The number of benzene rings is 2. The van der Waals surface area contributed by atoms with Crippen molar-refractivity contribution in [3.63, 3.8) is 0 Å². The van der Waals surface area contributed by atoms with Crippen molar-refractivity contribution >= 4 is 38.5 Å². The number of hydrogen-bond donors (Lipinski definition) is 1. The second-order valence-electron chi connectivity index (χ2n) is 7.93. The average Bonchev–Trinajstić information content (AvgIpc) is 3.20. The fourth-order valence-electron chi connectivity index (χ4n) is 4.14. The van der Waals surface area contributed by atoms with Gasteiger partial charge in [-0.05, 0) is 43.0 Å². The molecule has 2 heterocycles. The highest BCUT2D eigenvalue weighted by molar-refractivity contribution is 9.10. The van der Waals surface area contributed by atoms with Crippen LogP contribution in [0.1, 0.15) is 42.3 Å². The lowest BCUT2D eigenvalue weighted by Gasteiger charge is -2.19. The van der Waals surface area contributed by atoms with Gasteiger partial charge < -0.3 is 5.32 Å². The number of amides is 1. The number of pyridine rings is 1. The van der Waals surface area contributed by atoms with Crippen LogP contribution in [0.25, 0.3) is 21.9 Å². The molecule has 2 aromatic heterocycles. The van der Waals surface area contributed by atoms with E-state index in [1.165, 1.54) is 9.13 Å². The van der Waals surface area contributed by atoms with Gasteiger partial charge in [0.1, 0.15) is 5.82 Å². The maximum absolute atomic E-state index is 13.7. The van der Waals surface area contributed by atoms with Crippen LogP contribution in [-0.2, 0) is 6.54 Å². The second-order valence-corrected chi connectivity index (χ2v) is 8.85. The van der Waals surface area contributed by atoms with Crippen molar-refractivity contribution in [2.24, 2.45) is 0 Å². The number of nitrogens with one attached hydrogen (secondary N) is 1. The molecule has 0 fully saturated rings. The summed E-state index contributed by atoms with van der Waals surface area (Å²) in [5, 5.41) is 3.97. The van der Waals surface area contributed by atoms with Crippen molar-refractivity contribution in [1.29, 1.82) is 0 Å². The van der Waals surface area contributed by atoms with E-state index < -0.39 is 0 Å². The molecule has 1 amide bonds. The summed E-state index contributed by atoms with van der Waals surface area (Å²) in [6.45, 7) is 5.91. The van der Waals surface area contributed by atoms with Crippen LogP contribution < -0.4 is 10.9 Å². The summed E-state index contributed by atoms with van der Waals surface area (Å²) in [5.74, 6) is 0.364. The molecule has 0 atom stereocenters. The van der Waals surface area contributed by atoms with Crippen LogP contribution in [0.5, 0.6) is 0 Å². The molecule has 7 nitrogen and oxygen atoms in total. The van der Waals surface area contributed by atoms with E-state index in [2.05, 4.69) is 26.2 Å². The lowest BCUT2D eigenvalue weighted by Crippen LogP contribution is -2.29. The molecule has 0 aliphatic rings. The third kappa shape index (κ3) is 4.33.